The molecule has 0 bridgehead atoms. The Morgan fingerprint density at radius 3 is 2.82 bits per heavy atom. The first-order valence-electron chi connectivity index (χ1n) is 12.0. The van der Waals surface area contributed by atoms with Crippen LogP contribution in [0.25, 0.3) is 33.0 Å². The lowest BCUT2D eigenvalue weighted by Crippen LogP contribution is -2.06. The zero-order valence-corrected chi connectivity index (χ0v) is 18.9. The molecule has 3 heterocycles. The first-order chi connectivity index (χ1) is 16.2. The molecule has 0 radical (unpaired) electrons. The number of nitrogens with two attached hydrogens (primary N) is 1. The summed E-state index contributed by atoms with van der Waals surface area (Å²) in [5.41, 5.74) is 12.4. The number of anilines is 2. The molecule has 0 atom stereocenters. The highest BCUT2D eigenvalue weighted by Gasteiger charge is 2.21. The van der Waals surface area contributed by atoms with E-state index in [2.05, 4.69) is 57.1 Å². The van der Waals surface area contributed by atoms with E-state index in [-0.39, 0.29) is 0 Å². The predicted molar refractivity (Wildman–Crippen MR) is 134 cm³/mol. The lowest BCUT2D eigenvalue weighted by atomic mass is 10.1. The number of aryl methyl sites for hydroxylation is 1. The lowest BCUT2D eigenvalue weighted by molar-refractivity contribution is 0.691. The quantitative estimate of drug-likeness (QED) is 0.307. The number of benzene rings is 2. The zero-order valence-electron chi connectivity index (χ0n) is 18.9. The van der Waals surface area contributed by atoms with E-state index in [4.69, 9.17) is 15.7 Å². The number of aromatic nitrogens is 5. The van der Waals surface area contributed by atoms with Gasteiger partial charge in [-0.2, -0.15) is 0 Å². The highest BCUT2D eigenvalue weighted by molar-refractivity contribution is 6.06. The second-order valence-corrected chi connectivity index (χ2v) is 9.19. The molecule has 5 aromatic rings. The summed E-state index contributed by atoms with van der Waals surface area (Å²) in [6.45, 7) is 3.93. The van der Waals surface area contributed by atoms with Gasteiger partial charge in [0, 0.05) is 24.9 Å². The molecule has 0 spiro atoms. The Morgan fingerprint density at radius 1 is 1.09 bits per heavy atom. The molecule has 1 aliphatic rings. The molecule has 2 aromatic carbocycles. The molecule has 0 amide bonds. The standard InChI is InChI=1S/C26H29N7/c1-2-3-8-22-32-23-24(18-6-4-5-7-19(18)29-25(23)27)33(22)15-17-11-12-20-21(13-17)31-26(30-20)28-14-16-9-10-16/h4-7,11-13,16H,2-3,8-10,14-15H2,1H3,(H2,27,29)(H2,28,30,31). The van der Waals surface area contributed by atoms with E-state index in [9.17, 15) is 0 Å². The molecular weight excluding hydrogens is 410 g/mol. The molecule has 1 fully saturated rings. The summed E-state index contributed by atoms with van der Waals surface area (Å²) in [4.78, 5) is 17.7. The molecule has 7 nitrogen and oxygen atoms in total. The van der Waals surface area contributed by atoms with Gasteiger partial charge in [0.1, 0.15) is 11.3 Å². The highest BCUT2D eigenvalue weighted by Crippen LogP contribution is 2.31. The minimum Gasteiger partial charge on any atom is -0.382 e. The highest BCUT2D eigenvalue weighted by atomic mass is 15.1. The number of pyridine rings is 1. The maximum Gasteiger partial charge on any atom is 0.201 e. The fourth-order valence-electron chi connectivity index (χ4n) is 4.59. The van der Waals surface area contributed by atoms with Crippen LogP contribution in [0, 0.1) is 5.92 Å². The van der Waals surface area contributed by atoms with Crippen molar-refractivity contribution in [2.24, 2.45) is 5.92 Å². The molecule has 6 rings (SSSR count). The van der Waals surface area contributed by atoms with Crippen LogP contribution in [-0.2, 0) is 13.0 Å². The summed E-state index contributed by atoms with van der Waals surface area (Å²) in [5, 5.41) is 4.53. The monoisotopic (exact) mass is 439 g/mol. The smallest absolute Gasteiger partial charge is 0.201 e. The summed E-state index contributed by atoms with van der Waals surface area (Å²) in [5.74, 6) is 3.22. The average molecular weight is 440 g/mol. The van der Waals surface area contributed by atoms with Crippen LogP contribution in [0.4, 0.5) is 11.8 Å². The molecule has 4 N–H and O–H groups in total. The summed E-state index contributed by atoms with van der Waals surface area (Å²) in [6, 6.07) is 14.6. The van der Waals surface area contributed by atoms with Crippen molar-refractivity contribution in [2.75, 3.05) is 17.6 Å². The third kappa shape index (κ3) is 3.77. The molecule has 33 heavy (non-hydrogen) atoms. The van der Waals surface area contributed by atoms with E-state index in [1.165, 1.54) is 18.4 Å². The van der Waals surface area contributed by atoms with Crippen LogP contribution < -0.4 is 11.1 Å². The Labute approximate surface area is 192 Å². The zero-order chi connectivity index (χ0) is 22.4. The number of unbranched alkanes of at least 4 members (excludes halogenated alkanes) is 1. The molecule has 3 aromatic heterocycles. The average Bonchev–Trinajstić information content (AvgIpc) is 3.46. The van der Waals surface area contributed by atoms with Crippen LogP contribution >= 0.6 is 0 Å². The summed E-state index contributed by atoms with van der Waals surface area (Å²) < 4.78 is 2.33. The molecule has 1 saturated carbocycles. The first kappa shape index (κ1) is 20.0. The summed E-state index contributed by atoms with van der Waals surface area (Å²) >= 11 is 0. The summed E-state index contributed by atoms with van der Waals surface area (Å²) in [7, 11) is 0. The number of hydrogen-bond acceptors (Lipinski definition) is 5. The topological polar surface area (TPSA) is 97.4 Å². The number of rotatable bonds is 8. The Bertz CT molecular complexity index is 1460. The van der Waals surface area contributed by atoms with Crippen molar-refractivity contribution in [3.05, 3.63) is 53.9 Å². The number of fused-ring (bicyclic) bond motifs is 4. The first-order valence-corrected chi connectivity index (χ1v) is 12.0. The van der Waals surface area contributed by atoms with Crippen molar-refractivity contribution in [3.8, 4) is 0 Å². The van der Waals surface area contributed by atoms with Crippen molar-refractivity contribution < 1.29 is 0 Å². The van der Waals surface area contributed by atoms with E-state index in [0.717, 1.165) is 83.0 Å². The largest absolute Gasteiger partial charge is 0.382 e. The van der Waals surface area contributed by atoms with Crippen LogP contribution in [0.1, 0.15) is 44.0 Å². The molecule has 168 valence electrons. The predicted octanol–water partition coefficient (Wildman–Crippen LogP) is 5.26. The van der Waals surface area contributed by atoms with Crippen LogP contribution in [0.5, 0.6) is 0 Å². The van der Waals surface area contributed by atoms with Crippen LogP contribution in [0.15, 0.2) is 42.5 Å². The molecule has 0 saturated heterocycles. The lowest BCUT2D eigenvalue weighted by Gasteiger charge is -2.11. The number of nitrogen functional groups attached to an aromatic ring is 1. The molecular formula is C26H29N7. The van der Waals surface area contributed by atoms with Crippen molar-refractivity contribution in [3.63, 3.8) is 0 Å². The van der Waals surface area contributed by atoms with Crippen molar-refractivity contribution in [2.45, 2.75) is 45.6 Å². The van der Waals surface area contributed by atoms with E-state index in [1.807, 2.05) is 12.1 Å². The van der Waals surface area contributed by atoms with Gasteiger partial charge >= 0.3 is 0 Å². The van der Waals surface area contributed by atoms with Gasteiger partial charge in [-0.3, -0.25) is 0 Å². The normalized spacial score (nSPS) is 14.0. The van der Waals surface area contributed by atoms with Gasteiger partial charge in [-0.05, 0) is 48.9 Å². The number of aromatic amines is 1. The minimum atomic E-state index is 0.496. The van der Waals surface area contributed by atoms with Gasteiger partial charge in [-0.25, -0.2) is 15.0 Å². The third-order valence-electron chi connectivity index (χ3n) is 6.59. The van der Waals surface area contributed by atoms with Crippen LogP contribution in [-0.4, -0.2) is 31.0 Å². The molecule has 1 aliphatic carbocycles. The van der Waals surface area contributed by atoms with Crippen molar-refractivity contribution in [1.82, 2.24) is 24.5 Å². The number of nitrogens with one attached hydrogen (secondary N) is 2. The van der Waals surface area contributed by atoms with Gasteiger partial charge in [0.25, 0.3) is 0 Å². The van der Waals surface area contributed by atoms with Gasteiger partial charge in [-0.15, -0.1) is 0 Å². The van der Waals surface area contributed by atoms with Gasteiger partial charge in [0.2, 0.25) is 5.95 Å². The maximum atomic E-state index is 6.35. The maximum absolute atomic E-state index is 6.35. The minimum absolute atomic E-state index is 0.496. The fraction of sp³-hybridized carbons (Fsp3) is 0.346. The second-order valence-electron chi connectivity index (χ2n) is 9.19. The number of hydrogen-bond donors (Lipinski definition) is 3. The van der Waals surface area contributed by atoms with Gasteiger partial charge < -0.3 is 20.6 Å². The third-order valence-corrected chi connectivity index (χ3v) is 6.59. The Balaban J connectivity index is 1.42. The number of imidazole rings is 2. The van der Waals surface area contributed by atoms with Crippen LogP contribution in [0.3, 0.4) is 0 Å². The van der Waals surface area contributed by atoms with Gasteiger partial charge in [0.15, 0.2) is 5.82 Å². The van der Waals surface area contributed by atoms with Gasteiger partial charge in [-0.1, -0.05) is 37.6 Å². The number of para-hydroxylation sites is 1. The molecule has 7 heteroatoms. The van der Waals surface area contributed by atoms with E-state index >= 15 is 0 Å². The van der Waals surface area contributed by atoms with Crippen LogP contribution in [0.2, 0.25) is 0 Å². The molecule has 0 aliphatic heterocycles. The second kappa shape index (κ2) is 8.06. The number of H-pyrrole nitrogens is 1. The summed E-state index contributed by atoms with van der Waals surface area (Å²) in [6.07, 6.45) is 5.77. The Morgan fingerprint density at radius 2 is 1.97 bits per heavy atom. The van der Waals surface area contributed by atoms with E-state index < -0.39 is 0 Å². The SMILES string of the molecule is CCCCc1nc2c(N)nc3ccccc3c2n1Cc1ccc2nc(NCC3CC3)[nH]c2c1. The number of nitrogens with zero attached hydrogens (tertiary/aromatic N) is 4. The molecule has 0 unspecified atom stereocenters. The fourth-order valence-corrected chi connectivity index (χ4v) is 4.59. The van der Waals surface area contributed by atoms with Gasteiger partial charge in [0.05, 0.1) is 22.1 Å². The Hall–Kier alpha value is -3.61. The van der Waals surface area contributed by atoms with Crippen molar-refractivity contribution in [1.29, 1.82) is 0 Å². The van der Waals surface area contributed by atoms with E-state index in [1.54, 1.807) is 0 Å². The van der Waals surface area contributed by atoms with Crippen molar-refractivity contribution >= 4 is 44.7 Å². The Kier molecular flexibility index (Phi) is 4.89. The van der Waals surface area contributed by atoms with E-state index in [0.29, 0.717) is 5.82 Å².